The molecule has 5 aromatic carbocycles. The number of hydrogen-bond acceptors (Lipinski definition) is 3. The summed E-state index contributed by atoms with van der Waals surface area (Å²) in [5, 5.41) is 7.73. The quantitative estimate of drug-likeness (QED) is 0.191. The predicted molar refractivity (Wildman–Crippen MR) is 192 cm³/mol. The lowest BCUT2D eigenvalue weighted by atomic mass is 9.67. The highest BCUT2D eigenvalue weighted by Crippen LogP contribution is 2.53. The number of anilines is 3. The van der Waals surface area contributed by atoms with E-state index in [0.29, 0.717) is 0 Å². The molecule has 1 N–H and O–H groups in total. The standard InChI is InChI=1S/C43H36N4/c1-30-27-38(46-45-30)31-24-25-37-40(28-31)47(39-22-11-10-21-36(39)42(37,2)3)35-20-14-19-34(29-35)43(32-15-6-4-7-16-32,33-17-8-5-9-18-33)41-23-12-13-26-44-41/h4-29H,1-3H3,(H,45,46). The van der Waals surface area contributed by atoms with Gasteiger partial charge in [0.1, 0.15) is 0 Å². The number of aromatic amines is 1. The fourth-order valence-corrected chi connectivity index (χ4v) is 7.50. The van der Waals surface area contributed by atoms with Gasteiger partial charge < -0.3 is 4.90 Å². The Hall–Kier alpha value is -5.74. The van der Waals surface area contributed by atoms with Gasteiger partial charge in [-0.05, 0) is 77.2 Å². The van der Waals surface area contributed by atoms with Crippen LogP contribution in [0.2, 0.25) is 0 Å². The highest BCUT2D eigenvalue weighted by Gasteiger charge is 2.41. The molecule has 0 fully saturated rings. The zero-order valence-electron chi connectivity index (χ0n) is 26.9. The highest BCUT2D eigenvalue weighted by molar-refractivity contribution is 5.88. The van der Waals surface area contributed by atoms with Crippen LogP contribution in [0.5, 0.6) is 0 Å². The molecule has 0 atom stereocenters. The number of fused-ring (bicyclic) bond motifs is 2. The van der Waals surface area contributed by atoms with Crippen LogP contribution in [0.25, 0.3) is 11.3 Å². The van der Waals surface area contributed by atoms with E-state index in [0.717, 1.165) is 39.6 Å². The zero-order valence-corrected chi connectivity index (χ0v) is 26.9. The van der Waals surface area contributed by atoms with Crippen molar-refractivity contribution < 1.29 is 0 Å². The van der Waals surface area contributed by atoms with E-state index in [1.165, 1.54) is 27.9 Å². The summed E-state index contributed by atoms with van der Waals surface area (Å²) in [6.07, 6.45) is 1.90. The summed E-state index contributed by atoms with van der Waals surface area (Å²) in [7, 11) is 0. The molecule has 8 rings (SSSR count). The van der Waals surface area contributed by atoms with E-state index in [1.54, 1.807) is 0 Å². The van der Waals surface area contributed by atoms with E-state index < -0.39 is 5.41 Å². The third kappa shape index (κ3) is 4.59. The van der Waals surface area contributed by atoms with Crippen LogP contribution in [-0.4, -0.2) is 15.2 Å². The normalized spacial score (nSPS) is 13.6. The van der Waals surface area contributed by atoms with Crippen LogP contribution >= 0.6 is 0 Å². The molecule has 4 nitrogen and oxygen atoms in total. The molecule has 1 aliphatic heterocycles. The van der Waals surface area contributed by atoms with E-state index in [2.05, 4.69) is 175 Å². The van der Waals surface area contributed by atoms with E-state index in [1.807, 2.05) is 19.2 Å². The Morgan fingerprint density at radius 1 is 0.596 bits per heavy atom. The number of aromatic nitrogens is 3. The van der Waals surface area contributed by atoms with Crippen LogP contribution in [0.15, 0.2) is 158 Å². The molecule has 4 heteroatoms. The number of benzene rings is 5. The summed E-state index contributed by atoms with van der Waals surface area (Å²) in [4.78, 5) is 7.47. The second-order valence-corrected chi connectivity index (χ2v) is 12.9. The lowest BCUT2D eigenvalue weighted by molar-refractivity contribution is 0.632. The Balaban J connectivity index is 1.41. The van der Waals surface area contributed by atoms with Gasteiger partial charge in [-0.3, -0.25) is 10.1 Å². The fourth-order valence-electron chi connectivity index (χ4n) is 7.50. The molecule has 0 saturated heterocycles. The monoisotopic (exact) mass is 608 g/mol. The lowest BCUT2D eigenvalue weighted by Crippen LogP contribution is -2.33. The maximum absolute atomic E-state index is 5.04. The van der Waals surface area contributed by atoms with Crippen molar-refractivity contribution in [1.29, 1.82) is 0 Å². The molecule has 0 amide bonds. The predicted octanol–water partition coefficient (Wildman–Crippen LogP) is 10.3. The van der Waals surface area contributed by atoms with Crippen LogP contribution in [0, 0.1) is 6.92 Å². The van der Waals surface area contributed by atoms with Crippen LogP contribution in [0.1, 0.15) is 53.1 Å². The number of para-hydroxylation sites is 1. The Bertz CT molecular complexity index is 2090. The van der Waals surface area contributed by atoms with Gasteiger partial charge in [0.2, 0.25) is 0 Å². The number of hydrogen-bond donors (Lipinski definition) is 1. The van der Waals surface area contributed by atoms with Crippen LogP contribution in [0.4, 0.5) is 17.1 Å². The van der Waals surface area contributed by atoms with Gasteiger partial charge in [0.05, 0.1) is 28.2 Å². The van der Waals surface area contributed by atoms with Gasteiger partial charge in [-0.15, -0.1) is 0 Å². The summed E-state index contributed by atoms with van der Waals surface area (Å²) >= 11 is 0. The first-order chi connectivity index (χ1) is 23.0. The fraction of sp³-hybridized carbons (Fsp3) is 0.116. The number of nitrogens with one attached hydrogen (secondary N) is 1. The third-order valence-electron chi connectivity index (χ3n) is 9.73. The van der Waals surface area contributed by atoms with Crippen LogP contribution < -0.4 is 4.90 Å². The van der Waals surface area contributed by atoms with E-state index in [-0.39, 0.29) is 5.41 Å². The Morgan fingerprint density at radius 2 is 1.26 bits per heavy atom. The van der Waals surface area contributed by atoms with Crippen molar-refractivity contribution in [3.63, 3.8) is 0 Å². The topological polar surface area (TPSA) is 44.8 Å². The number of nitrogens with zero attached hydrogens (tertiary/aromatic N) is 3. The molecule has 0 aliphatic carbocycles. The van der Waals surface area contributed by atoms with Gasteiger partial charge in [-0.2, -0.15) is 5.10 Å². The van der Waals surface area contributed by atoms with Crippen molar-refractivity contribution in [3.05, 3.63) is 197 Å². The third-order valence-corrected chi connectivity index (χ3v) is 9.73. The molecule has 1 aliphatic rings. The summed E-state index contributed by atoms with van der Waals surface area (Å²) < 4.78 is 0. The first-order valence-corrected chi connectivity index (χ1v) is 16.2. The van der Waals surface area contributed by atoms with Gasteiger partial charge >= 0.3 is 0 Å². The van der Waals surface area contributed by atoms with Gasteiger partial charge in [0.25, 0.3) is 0 Å². The SMILES string of the molecule is Cc1cc(-c2ccc3c(c2)N(c2cccc(C(c4ccccc4)(c4ccccc4)c4ccccn4)c2)c2ccccc2C3(C)C)n[nH]1. The highest BCUT2D eigenvalue weighted by atomic mass is 15.2. The number of pyridine rings is 1. The summed E-state index contributed by atoms with van der Waals surface area (Å²) in [5.41, 5.74) is 12.7. The molecule has 3 heterocycles. The smallest absolute Gasteiger partial charge is 0.0924 e. The molecule has 0 radical (unpaired) electrons. The minimum Gasteiger partial charge on any atom is -0.310 e. The summed E-state index contributed by atoms with van der Waals surface area (Å²) in [6.45, 7) is 6.70. The molecule has 0 saturated carbocycles. The molecule has 7 aromatic rings. The average molecular weight is 609 g/mol. The molecule has 0 unspecified atom stereocenters. The second kappa shape index (κ2) is 11.3. The van der Waals surface area contributed by atoms with Crippen LogP contribution in [-0.2, 0) is 10.8 Å². The Kier molecular flexibility index (Phi) is 6.87. The number of H-pyrrole nitrogens is 1. The number of aryl methyl sites for hydroxylation is 1. The van der Waals surface area contributed by atoms with Gasteiger partial charge in [-0.25, -0.2) is 0 Å². The lowest BCUT2D eigenvalue weighted by Gasteiger charge is -2.43. The van der Waals surface area contributed by atoms with E-state index in [4.69, 9.17) is 4.98 Å². The first kappa shape index (κ1) is 28.7. The first-order valence-electron chi connectivity index (χ1n) is 16.2. The number of rotatable bonds is 6. The summed E-state index contributed by atoms with van der Waals surface area (Å²) in [5.74, 6) is 0. The van der Waals surface area contributed by atoms with Gasteiger partial charge in [0, 0.05) is 28.6 Å². The van der Waals surface area contributed by atoms with Crippen molar-refractivity contribution in [2.75, 3.05) is 4.90 Å². The van der Waals surface area contributed by atoms with Crippen LogP contribution in [0.3, 0.4) is 0 Å². The molecule has 0 bridgehead atoms. The average Bonchev–Trinajstić information content (AvgIpc) is 3.56. The molecule has 228 valence electrons. The second-order valence-electron chi connectivity index (χ2n) is 12.9. The van der Waals surface area contributed by atoms with Crippen molar-refractivity contribution in [2.24, 2.45) is 0 Å². The van der Waals surface area contributed by atoms with E-state index in [9.17, 15) is 0 Å². The van der Waals surface area contributed by atoms with Crippen molar-refractivity contribution in [3.8, 4) is 11.3 Å². The zero-order chi connectivity index (χ0) is 32.0. The molecular weight excluding hydrogens is 573 g/mol. The minimum absolute atomic E-state index is 0.189. The largest absolute Gasteiger partial charge is 0.310 e. The maximum Gasteiger partial charge on any atom is 0.0924 e. The molecule has 2 aromatic heterocycles. The molecular formula is C43H36N4. The van der Waals surface area contributed by atoms with E-state index >= 15 is 0 Å². The minimum atomic E-state index is -0.647. The van der Waals surface area contributed by atoms with Crippen molar-refractivity contribution >= 4 is 17.1 Å². The maximum atomic E-state index is 5.04. The molecule has 0 spiro atoms. The van der Waals surface area contributed by atoms with Gasteiger partial charge in [-0.1, -0.05) is 123 Å². The Labute approximate surface area is 276 Å². The van der Waals surface area contributed by atoms with Crippen molar-refractivity contribution in [1.82, 2.24) is 15.2 Å². The van der Waals surface area contributed by atoms with Crippen molar-refractivity contribution in [2.45, 2.75) is 31.6 Å². The summed E-state index contributed by atoms with van der Waals surface area (Å²) in [6, 6.07) is 54.5. The Morgan fingerprint density at radius 3 is 1.94 bits per heavy atom. The van der Waals surface area contributed by atoms with Gasteiger partial charge in [0.15, 0.2) is 0 Å². The molecule has 47 heavy (non-hydrogen) atoms.